The lowest BCUT2D eigenvalue weighted by molar-refractivity contribution is 0.670. The minimum Gasteiger partial charge on any atom is -0.455 e. The van der Waals surface area contributed by atoms with Gasteiger partial charge in [-0.25, -0.2) is 0 Å². The lowest BCUT2D eigenvalue weighted by Crippen LogP contribution is -2.22. The van der Waals surface area contributed by atoms with Gasteiger partial charge in [0.1, 0.15) is 11.2 Å². The molecule has 2 nitrogen and oxygen atoms in total. The van der Waals surface area contributed by atoms with Crippen molar-refractivity contribution in [2.24, 2.45) is 5.92 Å². The van der Waals surface area contributed by atoms with E-state index in [1.54, 1.807) is 4.91 Å². The van der Waals surface area contributed by atoms with Gasteiger partial charge in [0.2, 0.25) is 0 Å². The molecule has 246 valence electrons. The highest BCUT2D eigenvalue weighted by Crippen LogP contribution is 2.50. The molecule has 0 spiro atoms. The normalized spacial score (nSPS) is 18.3. The maximum absolute atomic E-state index is 6.56. The fourth-order valence-corrected chi connectivity index (χ4v) is 10.9. The standard InChI is InChI=1S/C47H37NOSSi/c1-51-45-28-27-41-38-12-4-6-15-42(38)49-47(41)46(45)32-19-23-34(24-20-32)48(35-25-26-40-39-13-5-7-16-43(39)50-44(40)29-35)33-21-17-31(18-22-33)37-14-8-10-30-9-2-3-11-36(30)37/h2-6,8-15,17-29,40,44H,7,16,51H2,1H3. The molecular weight excluding hydrogens is 655 g/mol. The number of anilines is 2. The molecule has 0 bridgehead atoms. The molecule has 1 aliphatic heterocycles. The van der Waals surface area contributed by atoms with Crippen LogP contribution in [0.25, 0.3) is 55.0 Å². The zero-order chi connectivity index (χ0) is 33.9. The summed E-state index contributed by atoms with van der Waals surface area (Å²) in [7, 11) is -0.445. The molecule has 0 saturated heterocycles. The molecule has 0 amide bonds. The van der Waals surface area contributed by atoms with Crippen LogP contribution in [-0.2, 0) is 0 Å². The Labute approximate surface area is 305 Å². The molecule has 4 heteroatoms. The Balaban J connectivity index is 1.07. The number of hydrogen-bond donors (Lipinski definition) is 0. The van der Waals surface area contributed by atoms with Crippen molar-refractivity contribution in [3.05, 3.63) is 174 Å². The molecule has 10 rings (SSSR count). The highest BCUT2D eigenvalue weighted by atomic mass is 32.2. The maximum Gasteiger partial charge on any atom is 0.143 e. The van der Waals surface area contributed by atoms with Gasteiger partial charge in [-0.05, 0) is 93.3 Å². The molecule has 0 radical (unpaired) electrons. The van der Waals surface area contributed by atoms with Crippen LogP contribution in [0.2, 0.25) is 6.55 Å². The molecule has 7 aromatic rings. The van der Waals surface area contributed by atoms with Gasteiger partial charge in [0, 0.05) is 44.6 Å². The quantitative estimate of drug-likeness (QED) is 0.162. The number of hydrogen-bond acceptors (Lipinski definition) is 3. The first-order chi connectivity index (χ1) is 25.2. The van der Waals surface area contributed by atoms with E-state index in [1.807, 2.05) is 0 Å². The van der Waals surface area contributed by atoms with E-state index in [0.717, 1.165) is 29.0 Å². The number of furan rings is 1. The summed E-state index contributed by atoms with van der Waals surface area (Å²) in [5, 5.41) is 6.76. The van der Waals surface area contributed by atoms with Crippen molar-refractivity contribution >= 4 is 70.6 Å². The molecule has 1 aromatic heterocycles. The van der Waals surface area contributed by atoms with Gasteiger partial charge in [-0.1, -0.05) is 127 Å². The predicted molar refractivity (Wildman–Crippen MR) is 222 cm³/mol. The maximum atomic E-state index is 6.56. The lowest BCUT2D eigenvalue weighted by Gasteiger charge is -2.30. The number of fused-ring (bicyclic) bond motifs is 6. The van der Waals surface area contributed by atoms with E-state index in [4.69, 9.17) is 4.42 Å². The summed E-state index contributed by atoms with van der Waals surface area (Å²) in [5.41, 5.74) is 12.0. The Morgan fingerprint density at radius 3 is 2.27 bits per heavy atom. The van der Waals surface area contributed by atoms with E-state index in [0.29, 0.717) is 11.2 Å². The predicted octanol–water partition coefficient (Wildman–Crippen LogP) is 11.8. The smallest absolute Gasteiger partial charge is 0.143 e. The van der Waals surface area contributed by atoms with Crippen molar-refractivity contribution in [2.45, 2.75) is 24.6 Å². The van der Waals surface area contributed by atoms with Gasteiger partial charge in [-0.15, -0.1) is 11.8 Å². The molecule has 3 aliphatic rings. The molecule has 0 N–H and O–H groups in total. The van der Waals surface area contributed by atoms with Crippen LogP contribution in [0.3, 0.4) is 0 Å². The van der Waals surface area contributed by atoms with E-state index in [1.165, 1.54) is 66.7 Å². The van der Waals surface area contributed by atoms with Gasteiger partial charge in [0.05, 0.1) is 9.52 Å². The summed E-state index contributed by atoms with van der Waals surface area (Å²) in [4.78, 5) is 4.01. The molecule has 2 aliphatic carbocycles. The molecule has 6 aromatic carbocycles. The fraction of sp³-hybridized carbons (Fsp3) is 0.106. The van der Waals surface area contributed by atoms with Gasteiger partial charge in [0.15, 0.2) is 0 Å². The van der Waals surface area contributed by atoms with Crippen LogP contribution in [0, 0.1) is 5.92 Å². The Kier molecular flexibility index (Phi) is 7.47. The fourth-order valence-electron chi connectivity index (χ4n) is 8.36. The first kappa shape index (κ1) is 30.5. The SMILES string of the molecule is C[SiH2]c1ccc2c(oc3ccccc32)c1-c1ccc(N(C2=CC3SC4=C(C=CCC4)C3C=C2)c2ccc(-c3cccc4ccccc34)cc2)cc1. The Morgan fingerprint density at radius 2 is 1.45 bits per heavy atom. The largest absolute Gasteiger partial charge is 0.455 e. The summed E-state index contributed by atoms with van der Waals surface area (Å²) in [6.45, 7) is 2.37. The molecular formula is C47H37NOSSi. The summed E-state index contributed by atoms with van der Waals surface area (Å²) >= 11 is 2.06. The minimum atomic E-state index is -0.445. The highest BCUT2D eigenvalue weighted by molar-refractivity contribution is 8.04. The third-order valence-electron chi connectivity index (χ3n) is 10.9. The summed E-state index contributed by atoms with van der Waals surface area (Å²) in [5.74, 6) is 0.448. The second-order valence-electron chi connectivity index (χ2n) is 13.8. The van der Waals surface area contributed by atoms with Crippen LogP contribution in [0.4, 0.5) is 11.4 Å². The summed E-state index contributed by atoms with van der Waals surface area (Å²) in [6, 6.07) is 46.6. The number of thioether (sulfide) groups is 1. The van der Waals surface area contributed by atoms with Crippen LogP contribution < -0.4 is 10.1 Å². The summed E-state index contributed by atoms with van der Waals surface area (Å²) < 4.78 is 6.56. The molecule has 0 saturated carbocycles. The highest BCUT2D eigenvalue weighted by Gasteiger charge is 2.35. The number of allylic oxidation sites excluding steroid dienone is 6. The zero-order valence-electron chi connectivity index (χ0n) is 28.6. The van der Waals surface area contributed by atoms with Crippen LogP contribution in [0.15, 0.2) is 178 Å². The van der Waals surface area contributed by atoms with Crippen molar-refractivity contribution in [3.63, 3.8) is 0 Å². The van der Waals surface area contributed by atoms with Gasteiger partial charge in [-0.3, -0.25) is 0 Å². The molecule has 2 atom stereocenters. The van der Waals surface area contributed by atoms with E-state index >= 15 is 0 Å². The average molecular weight is 692 g/mol. The Bertz CT molecular complexity index is 2600. The molecule has 2 heterocycles. The first-order valence-electron chi connectivity index (χ1n) is 18.1. The van der Waals surface area contributed by atoms with Gasteiger partial charge < -0.3 is 9.32 Å². The second-order valence-corrected chi connectivity index (χ2v) is 16.5. The third kappa shape index (κ3) is 5.16. The van der Waals surface area contributed by atoms with E-state index < -0.39 is 9.52 Å². The average Bonchev–Trinajstić information content (AvgIpc) is 3.76. The topological polar surface area (TPSA) is 16.4 Å². The number of rotatable bonds is 6. The lowest BCUT2D eigenvalue weighted by atomic mass is 9.88. The van der Waals surface area contributed by atoms with Crippen molar-refractivity contribution < 1.29 is 4.42 Å². The van der Waals surface area contributed by atoms with E-state index in [-0.39, 0.29) is 0 Å². The number of nitrogens with zero attached hydrogens (tertiary/aromatic N) is 1. The van der Waals surface area contributed by atoms with Gasteiger partial charge in [-0.2, -0.15) is 0 Å². The second kappa shape index (κ2) is 12.5. The molecule has 0 fully saturated rings. The van der Waals surface area contributed by atoms with Crippen molar-refractivity contribution in [2.75, 3.05) is 4.90 Å². The number of para-hydroxylation sites is 1. The minimum absolute atomic E-state index is 0.414. The summed E-state index contributed by atoms with van der Waals surface area (Å²) in [6.07, 6.45) is 14.3. The van der Waals surface area contributed by atoms with Crippen LogP contribution in [0.1, 0.15) is 12.8 Å². The van der Waals surface area contributed by atoms with E-state index in [2.05, 4.69) is 181 Å². The van der Waals surface area contributed by atoms with Crippen molar-refractivity contribution in [1.29, 1.82) is 0 Å². The first-order valence-corrected chi connectivity index (χ1v) is 21.1. The van der Waals surface area contributed by atoms with Crippen LogP contribution in [0.5, 0.6) is 0 Å². The van der Waals surface area contributed by atoms with Crippen molar-refractivity contribution in [3.8, 4) is 22.3 Å². The number of benzene rings is 6. The van der Waals surface area contributed by atoms with Crippen molar-refractivity contribution in [1.82, 2.24) is 0 Å². The van der Waals surface area contributed by atoms with Gasteiger partial charge >= 0.3 is 0 Å². The third-order valence-corrected chi connectivity index (χ3v) is 13.6. The van der Waals surface area contributed by atoms with E-state index in [9.17, 15) is 0 Å². The van der Waals surface area contributed by atoms with Crippen LogP contribution in [-0.4, -0.2) is 14.8 Å². The Hall–Kier alpha value is -5.29. The van der Waals surface area contributed by atoms with Crippen LogP contribution >= 0.6 is 11.8 Å². The molecule has 2 unspecified atom stereocenters. The zero-order valence-corrected chi connectivity index (χ0v) is 30.8. The Morgan fingerprint density at radius 1 is 0.706 bits per heavy atom. The van der Waals surface area contributed by atoms with Gasteiger partial charge in [0.25, 0.3) is 0 Å². The molecule has 51 heavy (non-hydrogen) atoms. The monoisotopic (exact) mass is 691 g/mol.